The largest absolute Gasteiger partial charge is 0.320 e. The van der Waals surface area contributed by atoms with Crippen molar-refractivity contribution in [2.45, 2.75) is 71.9 Å². The van der Waals surface area contributed by atoms with Crippen molar-refractivity contribution in [2.24, 2.45) is 0 Å². The zero-order chi connectivity index (χ0) is 24.8. The lowest BCUT2D eigenvalue weighted by Crippen LogP contribution is -2.62. The van der Waals surface area contributed by atoms with E-state index < -0.39 is 0 Å². The van der Waals surface area contributed by atoms with Gasteiger partial charge in [-0.2, -0.15) is 0 Å². The van der Waals surface area contributed by atoms with E-state index in [2.05, 4.69) is 106 Å². The van der Waals surface area contributed by atoms with Crippen molar-refractivity contribution in [1.82, 2.24) is 0 Å². The zero-order valence-corrected chi connectivity index (χ0v) is 21.9. The molecule has 1 aliphatic rings. The molecule has 0 aliphatic carbocycles. The van der Waals surface area contributed by atoms with E-state index in [9.17, 15) is 4.79 Å². The number of nitrogens with one attached hydrogen (secondary N) is 1. The van der Waals surface area contributed by atoms with Crippen LogP contribution >= 0.6 is 0 Å². The summed E-state index contributed by atoms with van der Waals surface area (Å²) in [5, 5.41) is 3.34. The van der Waals surface area contributed by atoms with Crippen molar-refractivity contribution in [2.75, 3.05) is 18.4 Å². The lowest BCUT2D eigenvalue weighted by molar-refractivity contribution is -0.959. The molecule has 4 rings (SSSR count). The van der Waals surface area contributed by atoms with E-state index in [1.165, 1.54) is 16.7 Å². The summed E-state index contributed by atoms with van der Waals surface area (Å²) in [6, 6.07) is 26.1. The second-order valence-electron chi connectivity index (χ2n) is 10.4. The highest BCUT2D eigenvalue weighted by Gasteiger charge is 2.44. The number of carbonyl (C=O) groups excluding carboxylic acids is 1. The van der Waals surface area contributed by atoms with E-state index in [-0.39, 0.29) is 11.9 Å². The predicted octanol–water partition coefficient (Wildman–Crippen LogP) is 7.18. The number of rotatable bonds is 8. The van der Waals surface area contributed by atoms with Gasteiger partial charge in [-0.1, -0.05) is 86.6 Å². The van der Waals surface area contributed by atoms with Crippen LogP contribution in [0.1, 0.15) is 66.8 Å². The third-order valence-corrected chi connectivity index (χ3v) is 8.13. The van der Waals surface area contributed by atoms with E-state index in [4.69, 9.17) is 0 Å². The molecule has 1 atom stereocenters. The van der Waals surface area contributed by atoms with Crippen LogP contribution in [0, 0.1) is 13.8 Å². The van der Waals surface area contributed by atoms with E-state index in [1.54, 1.807) is 0 Å². The number of para-hydroxylation sites is 1. The average Bonchev–Trinajstić information content (AvgIpc) is 2.88. The molecule has 35 heavy (non-hydrogen) atoms. The monoisotopic (exact) mass is 469 g/mol. The molecule has 0 aromatic heterocycles. The number of anilines is 1. The van der Waals surface area contributed by atoms with Gasteiger partial charge in [0.2, 0.25) is 0 Å². The molecule has 0 radical (unpaired) electrons. The van der Waals surface area contributed by atoms with Crippen LogP contribution in [0.15, 0.2) is 72.8 Å². The fourth-order valence-corrected chi connectivity index (χ4v) is 6.00. The number of carbonyl (C=O) groups is 1. The van der Waals surface area contributed by atoms with Gasteiger partial charge in [-0.15, -0.1) is 0 Å². The fourth-order valence-electron chi connectivity index (χ4n) is 6.00. The molecule has 3 aromatic rings. The minimum Gasteiger partial charge on any atom is -0.320 e. The number of benzene rings is 3. The van der Waals surface area contributed by atoms with Crippen molar-refractivity contribution >= 4 is 11.6 Å². The van der Waals surface area contributed by atoms with Crippen LogP contribution in [0.4, 0.5) is 5.69 Å². The van der Waals surface area contributed by atoms with Gasteiger partial charge in [0.05, 0.1) is 13.1 Å². The molecule has 0 saturated carbocycles. The summed E-state index contributed by atoms with van der Waals surface area (Å²) in [7, 11) is 0. The molecular weight excluding hydrogens is 428 g/mol. The van der Waals surface area contributed by atoms with E-state index in [0.717, 1.165) is 66.6 Å². The molecule has 0 bridgehead atoms. The summed E-state index contributed by atoms with van der Waals surface area (Å²) in [5.41, 5.74) is 7.35. The van der Waals surface area contributed by atoms with Gasteiger partial charge in [-0.3, -0.25) is 4.79 Å². The quantitative estimate of drug-likeness (QED) is 0.348. The smallest absolute Gasteiger partial charge is 0.282 e. The van der Waals surface area contributed by atoms with Gasteiger partial charge in [-0.05, 0) is 48.4 Å². The number of piperidine rings is 1. The van der Waals surface area contributed by atoms with Crippen molar-refractivity contribution in [1.29, 1.82) is 0 Å². The van der Waals surface area contributed by atoms with Gasteiger partial charge in [0.25, 0.3) is 5.91 Å². The summed E-state index contributed by atoms with van der Waals surface area (Å²) in [5.74, 6) is 0.734. The summed E-state index contributed by atoms with van der Waals surface area (Å²) >= 11 is 0. The molecule has 3 nitrogen and oxygen atoms in total. The summed E-state index contributed by atoms with van der Waals surface area (Å²) in [4.78, 5) is 13.9. The van der Waals surface area contributed by atoms with Crippen molar-refractivity contribution < 1.29 is 9.28 Å². The molecule has 1 unspecified atom stereocenters. The van der Waals surface area contributed by atoms with Crippen LogP contribution in [0.25, 0.3) is 0 Å². The first-order chi connectivity index (χ1) is 17.0. The number of aryl methyl sites for hydroxylation is 3. The number of nitrogens with zero attached hydrogens (tertiary/aromatic N) is 1. The Bertz CT molecular complexity index is 1090. The second-order valence-corrected chi connectivity index (χ2v) is 10.4. The molecule has 1 saturated heterocycles. The molecule has 184 valence electrons. The minimum atomic E-state index is -0.0726. The maximum atomic E-state index is 13.9. The standard InChI is InChI=1S/C32H40N2O/c1-5-26-15-17-27(18-16-26)23-34(21-19-29(20-22-34)28-13-8-7-9-14-28)30(6-2)32(35)33-31-24(3)11-10-12-25(31)4/h7-18,29-30H,5-6,19-23H2,1-4H3/p+1. The molecule has 1 fully saturated rings. The molecule has 3 heteroatoms. The van der Waals surface area contributed by atoms with Gasteiger partial charge >= 0.3 is 0 Å². The van der Waals surface area contributed by atoms with Crippen LogP contribution in [-0.2, 0) is 17.8 Å². The number of amides is 1. The van der Waals surface area contributed by atoms with E-state index >= 15 is 0 Å². The Morgan fingerprint density at radius 2 is 1.46 bits per heavy atom. The lowest BCUT2D eigenvalue weighted by atomic mass is 9.86. The van der Waals surface area contributed by atoms with Gasteiger partial charge in [0.1, 0.15) is 6.54 Å². The van der Waals surface area contributed by atoms with Crippen molar-refractivity contribution in [3.8, 4) is 0 Å². The summed E-state index contributed by atoms with van der Waals surface area (Å²) < 4.78 is 0.835. The van der Waals surface area contributed by atoms with E-state index in [1.807, 2.05) is 0 Å². The van der Waals surface area contributed by atoms with Crippen LogP contribution in [0.2, 0.25) is 0 Å². The van der Waals surface area contributed by atoms with Gasteiger partial charge in [-0.25, -0.2) is 0 Å². The highest BCUT2D eigenvalue weighted by molar-refractivity contribution is 5.95. The van der Waals surface area contributed by atoms with Crippen molar-refractivity contribution in [3.63, 3.8) is 0 Å². The lowest BCUT2D eigenvalue weighted by Gasteiger charge is -2.48. The normalized spacial score (nSPS) is 20.9. The van der Waals surface area contributed by atoms with Crippen LogP contribution < -0.4 is 5.32 Å². The molecule has 0 spiro atoms. The highest BCUT2D eigenvalue weighted by atomic mass is 16.2. The first-order valence-electron chi connectivity index (χ1n) is 13.3. The third kappa shape index (κ3) is 5.67. The minimum absolute atomic E-state index is 0.0726. The van der Waals surface area contributed by atoms with E-state index in [0.29, 0.717) is 5.92 Å². The molecule has 1 amide bonds. The maximum absolute atomic E-state index is 13.9. The Morgan fingerprint density at radius 1 is 0.857 bits per heavy atom. The molecular formula is C32H41N2O+. The number of likely N-dealkylation sites (tertiary alicyclic amines) is 1. The van der Waals surface area contributed by atoms with Gasteiger partial charge < -0.3 is 9.80 Å². The molecule has 1 heterocycles. The Balaban J connectivity index is 1.62. The average molecular weight is 470 g/mol. The Hall–Kier alpha value is -2.91. The Labute approximate surface area is 211 Å². The molecule has 1 N–H and O–H groups in total. The molecule has 3 aromatic carbocycles. The van der Waals surface area contributed by atoms with Gasteiger partial charge in [0, 0.05) is 30.5 Å². The highest BCUT2D eigenvalue weighted by Crippen LogP contribution is 2.36. The number of hydrogen-bond acceptors (Lipinski definition) is 1. The summed E-state index contributed by atoms with van der Waals surface area (Å²) in [6.45, 7) is 11.5. The third-order valence-electron chi connectivity index (χ3n) is 8.13. The van der Waals surface area contributed by atoms with Crippen LogP contribution in [0.3, 0.4) is 0 Å². The molecule has 1 aliphatic heterocycles. The first kappa shape index (κ1) is 25.2. The zero-order valence-electron chi connectivity index (χ0n) is 21.9. The Morgan fingerprint density at radius 3 is 2.03 bits per heavy atom. The SMILES string of the molecule is CCc1ccc(C[N+]2(C(CC)C(=O)Nc3c(C)cccc3C)CCC(c3ccccc3)CC2)cc1. The maximum Gasteiger partial charge on any atom is 0.282 e. The van der Waals surface area contributed by atoms with Crippen LogP contribution in [0.5, 0.6) is 0 Å². The fraction of sp³-hybridized carbons (Fsp3) is 0.406. The first-order valence-corrected chi connectivity index (χ1v) is 13.3. The Kier molecular flexibility index (Phi) is 8.07. The number of hydrogen-bond donors (Lipinski definition) is 1. The predicted molar refractivity (Wildman–Crippen MR) is 147 cm³/mol. The topological polar surface area (TPSA) is 29.1 Å². The second kappa shape index (κ2) is 11.2. The van der Waals surface area contributed by atoms with Crippen LogP contribution in [-0.4, -0.2) is 29.5 Å². The number of quaternary nitrogens is 1. The van der Waals surface area contributed by atoms with Crippen molar-refractivity contribution in [3.05, 3.63) is 101 Å². The summed E-state index contributed by atoms with van der Waals surface area (Å²) in [6.07, 6.45) is 4.11. The van der Waals surface area contributed by atoms with Gasteiger partial charge in [0.15, 0.2) is 6.04 Å².